The molecule has 0 saturated carbocycles. The lowest BCUT2D eigenvalue weighted by molar-refractivity contribution is -0.137. The Bertz CT molecular complexity index is 473. The number of benzene rings is 1. The first-order valence-corrected chi connectivity index (χ1v) is 4.93. The molecule has 0 bridgehead atoms. The SMILES string of the molecule is NC(c1ccc(C(F)(F)F)cc1)c1ccoc1. The lowest BCUT2D eigenvalue weighted by Crippen LogP contribution is -2.12. The van der Waals surface area contributed by atoms with Crippen LogP contribution in [0.4, 0.5) is 13.2 Å². The van der Waals surface area contributed by atoms with E-state index in [1.807, 2.05) is 0 Å². The minimum atomic E-state index is -4.32. The molecule has 0 spiro atoms. The van der Waals surface area contributed by atoms with E-state index in [9.17, 15) is 13.2 Å². The van der Waals surface area contributed by atoms with Crippen molar-refractivity contribution in [1.29, 1.82) is 0 Å². The maximum absolute atomic E-state index is 12.3. The molecule has 2 aromatic rings. The zero-order valence-corrected chi connectivity index (χ0v) is 8.74. The van der Waals surface area contributed by atoms with Crippen LogP contribution in [-0.4, -0.2) is 0 Å². The third-order valence-corrected chi connectivity index (χ3v) is 2.50. The van der Waals surface area contributed by atoms with E-state index in [0.29, 0.717) is 5.56 Å². The van der Waals surface area contributed by atoms with Crippen LogP contribution in [0.3, 0.4) is 0 Å². The summed E-state index contributed by atoms with van der Waals surface area (Å²) in [5.74, 6) is 0. The summed E-state index contributed by atoms with van der Waals surface area (Å²) in [6.07, 6.45) is -1.38. The highest BCUT2D eigenvalue weighted by molar-refractivity contribution is 5.32. The average molecular weight is 241 g/mol. The van der Waals surface area contributed by atoms with Crippen LogP contribution in [0.1, 0.15) is 22.7 Å². The van der Waals surface area contributed by atoms with Gasteiger partial charge in [0.25, 0.3) is 0 Å². The van der Waals surface area contributed by atoms with Gasteiger partial charge in [-0.05, 0) is 23.8 Å². The van der Waals surface area contributed by atoms with Crippen molar-refractivity contribution in [3.63, 3.8) is 0 Å². The molecule has 1 aromatic heterocycles. The van der Waals surface area contributed by atoms with E-state index in [1.165, 1.54) is 24.7 Å². The molecule has 0 radical (unpaired) electrons. The Morgan fingerprint density at radius 3 is 2.12 bits per heavy atom. The zero-order valence-electron chi connectivity index (χ0n) is 8.74. The van der Waals surface area contributed by atoms with Gasteiger partial charge < -0.3 is 10.2 Å². The molecule has 0 aliphatic heterocycles. The van der Waals surface area contributed by atoms with E-state index in [-0.39, 0.29) is 0 Å². The van der Waals surface area contributed by atoms with Gasteiger partial charge in [-0.15, -0.1) is 0 Å². The third kappa shape index (κ3) is 2.50. The van der Waals surface area contributed by atoms with E-state index in [0.717, 1.165) is 17.7 Å². The highest BCUT2D eigenvalue weighted by atomic mass is 19.4. The van der Waals surface area contributed by atoms with E-state index in [1.54, 1.807) is 6.07 Å². The summed E-state index contributed by atoms with van der Waals surface area (Å²) in [6.45, 7) is 0. The van der Waals surface area contributed by atoms with Crippen molar-refractivity contribution in [1.82, 2.24) is 0 Å². The number of hydrogen-bond acceptors (Lipinski definition) is 2. The van der Waals surface area contributed by atoms with E-state index in [2.05, 4.69) is 0 Å². The predicted octanol–water partition coefficient (Wildman–Crippen LogP) is 3.35. The molecule has 0 aliphatic rings. The maximum Gasteiger partial charge on any atom is 0.416 e. The van der Waals surface area contributed by atoms with Gasteiger partial charge in [0.1, 0.15) is 0 Å². The molecule has 0 saturated heterocycles. The van der Waals surface area contributed by atoms with Crippen LogP contribution in [0.2, 0.25) is 0 Å². The molecule has 2 nitrogen and oxygen atoms in total. The molecule has 0 aliphatic carbocycles. The highest BCUT2D eigenvalue weighted by Crippen LogP contribution is 2.30. The fraction of sp³-hybridized carbons (Fsp3) is 0.167. The molecule has 2 rings (SSSR count). The Labute approximate surface area is 95.8 Å². The first-order chi connectivity index (χ1) is 7.98. The van der Waals surface area contributed by atoms with Gasteiger partial charge in [-0.3, -0.25) is 0 Å². The lowest BCUT2D eigenvalue weighted by atomic mass is 10.0. The molecule has 2 N–H and O–H groups in total. The van der Waals surface area contributed by atoms with Crippen LogP contribution < -0.4 is 5.73 Å². The van der Waals surface area contributed by atoms with Crippen LogP contribution >= 0.6 is 0 Å². The maximum atomic E-state index is 12.3. The number of furan rings is 1. The molecule has 17 heavy (non-hydrogen) atoms. The van der Waals surface area contributed by atoms with Crippen molar-refractivity contribution in [3.05, 3.63) is 59.5 Å². The van der Waals surface area contributed by atoms with Crippen LogP contribution in [0, 0.1) is 0 Å². The van der Waals surface area contributed by atoms with Gasteiger partial charge >= 0.3 is 6.18 Å². The molecule has 1 unspecified atom stereocenters. The largest absolute Gasteiger partial charge is 0.472 e. The Morgan fingerprint density at radius 1 is 1.00 bits per heavy atom. The minimum absolute atomic E-state index is 0.476. The Balaban J connectivity index is 2.24. The quantitative estimate of drug-likeness (QED) is 0.875. The number of alkyl halides is 3. The molecule has 5 heteroatoms. The summed E-state index contributed by atoms with van der Waals surface area (Å²) in [5.41, 5.74) is 6.54. The van der Waals surface area contributed by atoms with Crippen molar-refractivity contribution >= 4 is 0 Å². The molecule has 1 atom stereocenters. The van der Waals surface area contributed by atoms with Crippen molar-refractivity contribution in [2.45, 2.75) is 12.2 Å². The van der Waals surface area contributed by atoms with Gasteiger partial charge in [0.15, 0.2) is 0 Å². The standard InChI is InChI=1S/C12H10F3NO/c13-12(14,15)10-3-1-8(2-4-10)11(16)9-5-6-17-7-9/h1-7,11H,16H2. The Hall–Kier alpha value is -1.75. The third-order valence-electron chi connectivity index (χ3n) is 2.50. The lowest BCUT2D eigenvalue weighted by Gasteiger charge is -2.11. The molecule has 90 valence electrons. The smallest absolute Gasteiger partial charge is 0.416 e. The number of halogens is 3. The summed E-state index contributed by atoms with van der Waals surface area (Å²) >= 11 is 0. The zero-order chi connectivity index (χ0) is 12.5. The molecular formula is C12H10F3NO. The Morgan fingerprint density at radius 2 is 1.65 bits per heavy atom. The second kappa shape index (κ2) is 4.25. The van der Waals surface area contributed by atoms with Gasteiger partial charge in [0, 0.05) is 5.56 Å². The van der Waals surface area contributed by atoms with Crippen LogP contribution in [0.25, 0.3) is 0 Å². The van der Waals surface area contributed by atoms with Gasteiger partial charge in [-0.2, -0.15) is 13.2 Å². The molecular weight excluding hydrogens is 231 g/mol. The number of nitrogens with two attached hydrogens (primary N) is 1. The summed E-state index contributed by atoms with van der Waals surface area (Å²) < 4.78 is 41.9. The fourth-order valence-corrected chi connectivity index (χ4v) is 1.52. The second-order valence-corrected chi connectivity index (χ2v) is 3.65. The fourth-order valence-electron chi connectivity index (χ4n) is 1.52. The molecule has 1 aromatic carbocycles. The molecule has 0 fully saturated rings. The summed E-state index contributed by atoms with van der Waals surface area (Å²) in [5, 5.41) is 0. The van der Waals surface area contributed by atoms with E-state index >= 15 is 0 Å². The summed E-state index contributed by atoms with van der Waals surface area (Å²) in [7, 11) is 0. The number of hydrogen-bond donors (Lipinski definition) is 1. The predicted molar refractivity (Wildman–Crippen MR) is 56.2 cm³/mol. The first kappa shape index (κ1) is 11.7. The Kier molecular flexibility index (Phi) is 2.93. The van der Waals surface area contributed by atoms with E-state index in [4.69, 9.17) is 10.2 Å². The summed E-state index contributed by atoms with van der Waals surface area (Å²) in [4.78, 5) is 0. The minimum Gasteiger partial charge on any atom is -0.472 e. The monoisotopic (exact) mass is 241 g/mol. The van der Waals surface area contributed by atoms with Gasteiger partial charge in [0.05, 0.1) is 24.1 Å². The van der Waals surface area contributed by atoms with Crippen LogP contribution in [-0.2, 0) is 6.18 Å². The first-order valence-electron chi connectivity index (χ1n) is 4.93. The van der Waals surface area contributed by atoms with Gasteiger partial charge in [-0.25, -0.2) is 0 Å². The number of rotatable bonds is 2. The molecule has 0 amide bonds. The van der Waals surface area contributed by atoms with Crippen molar-refractivity contribution < 1.29 is 17.6 Å². The van der Waals surface area contributed by atoms with E-state index < -0.39 is 17.8 Å². The van der Waals surface area contributed by atoms with Crippen LogP contribution in [0.15, 0.2) is 47.3 Å². The van der Waals surface area contributed by atoms with Crippen molar-refractivity contribution in [2.24, 2.45) is 5.73 Å². The van der Waals surface area contributed by atoms with Crippen molar-refractivity contribution in [2.75, 3.05) is 0 Å². The van der Waals surface area contributed by atoms with Crippen LogP contribution in [0.5, 0.6) is 0 Å². The highest BCUT2D eigenvalue weighted by Gasteiger charge is 2.30. The topological polar surface area (TPSA) is 39.2 Å². The van der Waals surface area contributed by atoms with Crippen molar-refractivity contribution in [3.8, 4) is 0 Å². The molecule has 1 heterocycles. The summed E-state index contributed by atoms with van der Waals surface area (Å²) in [6, 6.07) is 6.00. The van der Waals surface area contributed by atoms with Gasteiger partial charge in [0.2, 0.25) is 0 Å². The normalized spacial score (nSPS) is 13.6. The average Bonchev–Trinajstić information content (AvgIpc) is 2.80. The van der Waals surface area contributed by atoms with Gasteiger partial charge in [-0.1, -0.05) is 12.1 Å². The second-order valence-electron chi connectivity index (χ2n) is 3.65.